The molecule has 2 aromatic rings. The van der Waals surface area contributed by atoms with Crippen LogP contribution in [0.2, 0.25) is 0 Å². The fraction of sp³-hybridized carbons (Fsp3) is 0.286. The molecule has 0 saturated carbocycles. The van der Waals surface area contributed by atoms with E-state index in [0.717, 1.165) is 22.9 Å². The Hall–Kier alpha value is -1.59. The van der Waals surface area contributed by atoms with Gasteiger partial charge in [-0.15, -0.1) is 0 Å². The molecule has 102 valence electrons. The van der Waals surface area contributed by atoms with Crippen molar-refractivity contribution in [1.82, 2.24) is 0 Å². The van der Waals surface area contributed by atoms with E-state index >= 15 is 0 Å². The average Bonchev–Trinajstić information content (AvgIpc) is 2.37. The molecule has 0 spiro atoms. The van der Waals surface area contributed by atoms with Crippen molar-refractivity contribution in [3.05, 3.63) is 36.4 Å². The van der Waals surface area contributed by atoms with E-state index in [9.17, 15) is 8.42 Å². The number of benzene rings is 2. The summed E-state index contributed by atoms with van der Waals surface area (Å²) in [6, 6.07) is 10.6. The van der Waals surface area contributed by atoms with Crippen LogP contribution in [0.5, 0.6) is 0 Å². The van der Waals surface area contributed by atoms with Crippen molar-refractivity contribution in [1.29, 1.82) is 0 Å². The van der Waals surface area contributed by atoms with Gasteiger partial charge in [0.05, 0.1) is 4.90 Å². The molecule has 5 heteroatoms. The molecule has 2 aromatic carbocycles. The van der Waals surface area contributed by atoms with Gasteiger partial charge in [0.25, 0.3) is 10.1 Å². The summed E-state index contributed by atoms with van der Waals surface area (Å²) in [6.07, 6.45) is 0.999. The lowest BCUT2D eigenvalue weighted by Crippen LogP contribution is -2.13. The van der Waals surface area contributed by atoms with Crippen LogP contribution in [0.4, 0.5) is 5.69 Å². The minimum absolute atomic E-state index is 0.0827. The van der Waals surface area contributed by atoms with Crippen LogP contribution in [0.1, 0.15) is 20.3 Å². The molecule has 0 saturated heterocycles. The maximum Gasteiger partial charge on any atom is 0.294 e. The van der Waals surface area contributed by atoms with Gasteiger partial charge in [-0.25, -0.2) is 0 Å². The van der Waals surface area contributed by atoms with Crippen molar-refractivity contribution < 1.29 is 13.0 Å². The molecule has 2 rings (SSSR count). The first-order valence-corrected chi connectivity index (χ1v) is 7.62. The highest BCUT2D eigenvalue weighted by molar-refractivity contribution is 7.85. The van der Waals surface area contributed by atoms with Gasteiger partial charge in [-0.1, -0.05) is 25.1 Å². The predicted molar refractivity (Wildman–Crippen MR) is 77.1 cm³/mol. The van der Waals surface area contributed by atoms with Crippen LogP contribution >= 0.6 is 0 Å². The molecule has 1 atom stereocenters. The van der Waals surface area contributed by atoms with Gasteiger partial charge in [0.1, 0.15) is 0 Å². The molecule has 0 bridgehead atoms. The van der Waals surface area contributed by atoms with Gasteiger partial charge >= 0.3 is 0 Å². The lowest BCUT2D eigenvalue weighted by molar-refractivity contribution is 0.483. The number of hydrogen-bond acceptors (Lipinski definition) is 3. The monoisotopic (exact) mass is 279 g/mol. The van der Waals surface area contributed by atoms with Crippen LogP contribution in [0.25, 0.3) is 10.8 Å². The second kappa shape index (κ2) is 5.19. The van der Waals surface area contributed by atoms with Gasteiger partial charge in [0.15, 0.2) is 0 Å². The molecule has 0 amide bonds. The van der Waals surface area contributed by atoms with E-state index in [0.29, 0.717) is 6.04 Å². The topological polar surface area (TPSA) is 66.4 Å². The molecule has 0 aliphatic rings. The molecule has 19 heavy (non-hydrogen) atoms. The Morgan fingerprint density at radius 2 is 2.00 bits per heavy atom. The molecule has 4 nitrogen and oxygen atoms in total. The number of rotatable bonds is 4. The Labute approximate surface area is 113 Å². The fourth-order valence-corrected chi connectivity index (χ4v) is 2.43. The van der Waals surface area contributed by atoms with Gasteiger partial charge < -0.3 is 5.32 Å². The minimum Gasteiger partial charge on any atom is -0.382 e. The van der Waals surface area contributed by atoms with E-state index in [1.54, 1.807) is 6.07 Å². The first-order chi connectivity index (χ1) is 8.91. The zero-order valence-electron chi connectivity index (χ0n) is 10.9. The zero-order valence-corrected chi connectivity index (χ0v) is 11.7. The number of fused-ring (bicyclic) bond motifs is 1. The van der Waals surface area contributed by atoms with Gasteiger partial charge in [-0.2, -0.15) is 8.42 Å². The Kier molecular flexibility index (Phi) is 3.78. The molecular formula is C14H17NO3S. The van der Waals surface area contributed by atoms with E-state index in [1.165, 1.54) is 12.1 Å². The number of nitrogens with one attached hydrogen (secondary N) is 1. The first-order valence-electron chi connectivity index (χ1n) is 6.18. The van der Waals surface area contributed by atoms with Gasteiger partial charge in [0, 0.05) is 17.1 Å². The fourth-order valence-electron chi connectivity index (χ4n) is 1.92. The third kappa shape index (κ3) is 3.05. The number of anilines is 1. The normalized spacial score (nSPS) is 13.4. The van der Waals surface area contributed by atoms with Crippen LogP contribution in [0, 0.1) is 0 Å². The summed E-state index contributed by atoms with van der Waals surface area (Å²) in [5.74, 6) is 0. The summed E-state index contributed by atoms with van der Waals surface area (Å²) < 4.78 is 31.3. The molecule has 2 N–H and O–H groups in total. The summed E-state index contributed by atoms with van der Waals surface area (Å²) in [7, 11) is -4.16. The molecule has 0 aliphatic heterocycles. The van der Waals surface area contributed by atoms with Crippen LogP contribution in [0.3, 0.4) is 0 Å². The predicted octanol–water partition coefficient (Wildman–Crippen LogP) is 3.30. The quantitative estimate of drug-likeness (QED) is 0.843. The summed E-state index contributed by atoms with van der Waals surface area (Å²) in [6.45, 7) is 4.19. The molecule has 0 fully saturated rings. The zero-order chi connectivity index (χ0) is 14.0. The average molecular weight is 279 g/mol. The Morgan fingerprint density at radius 1 is 1.26 bits per heavy atom. The standard InChI is InChI=1S/C14H17NO3S/c1-3-10(2)15-14-6-4-5-11-9-12(19(16,17)18)7-8-13(11)14/h4-10,15H,3H2,1-2H3,(H,16,17,18). The summed E-state index contributed by atoms with van der Waals surface area (Å²) in [5, 5.41) is 5.10. The first kappa shape index (κ1) is 13.8. The Morgan fingerprint density at radius 3 is 2.63 bits per heavy atom. The van der Waals surface area contributed by atoms with Crippen molar-refractivity contribution in [3.8, 4) is 0 Å². The third-order valence-electron chi connectivity index (χ3n) is 3.16. The van der Waals surface area contributed by atoms with E-state index in [-0.39, 0.29) is 4.90 Å². The third-order valence-corrected chi connectivity index (χ3v) is 4.01. The highest BCUT2D eigenvalue weighted by Gasteiger charge is 2.11. The Balaban J connectivity index is 2.53. The smallest absolute Gasteiger partial charge is 0.294 e. The maximum absolute atomic E-state index is 11.1. The second-order valence-corrected chi connectivity index (χ2v) is 6.04. The van der Waals surface area contributed by atoms with E-state index in [4.69, 9.17) is 4.55 Å². The van der Waals surface area contributed by atoms with Crippen molar-refractivity contribution in [2.45, 2.75) is 31.2 Å². The van der Waals surface area contributed by atoms with Crippen molar-refractivity contribution in [2.75, 3.05) is 5.32 Å². The highest BCUT2D eigenvalue weighted by atomic mass is 32.2. The lowest BCUT2D eigenvalue weighted by Gasteiger charge is -2.15. The molecule has 0 aliphatic carbocycles. The van der Waals surface area contributed by atoms with E-state index < -0.39 is 10.1 Å². The SMILES string of the molecule is CCC(C)Nc1cccc2cc(S(=O)(=O)O)ccc12. The van der Waals surface area contributed by atoms with Crippen LogP contribution in [0.15, 0.2) is 41.3 Å². The number of hydrogen-bond donors (Lipinski definition) is 2. The highest BCUT2D eigenvalue weighted by Crippen LogP contribution is 2.26. The van der Waals surface area contributed by atoms with E-state index in [2.05, 4.69) is 19.2 Å². The largest absolute Gasteiger partial charge is 0.382 e. The minimum atomic E-state index is -4.16. The molecule has 0 heterocycles. The van der Waals surface area contributed by atoms with Gasteiger partial charge in [-0.05, 0) is 36.9 Å². The molecular weight excluding hydrogens is 262 g/mol. The summed E-state index contributed by atoms with van der Waals surface area (Å²) in [4.78, 5) is -0.0827. The van der Waals surface area contributed by atoms with Crippen molar-refractivity contribution in [3.63, 3.8) is 0 Å². The molecule has 1 unspecified atom stereocenters. The van der Waals surface area contributed by atoms with E-state index in [1.807, 2.05) is 18.2 Å². The van der Waals surface area contributed by atoms with Crippen LogP contribution in [-0.4, -0.2) is 19.0 Å². The summed E-state index contributed by atoms with van der Waals surface area (Å²) >= 11 is 0. The molecule has 0 radical (unpaired) electrons. The van der Waals surface area contributed by atoms with Gasteiger partial charge in [-0.3, -0.25) is 4.55 Å². The second-order valence-electron chi connectivity index (χ2n) is 4.62. The lowest BCUT2D eigenvalue weighted by atomic mass is 10.1. The van der Waals surface area contributed by atoms with Crippen LogP contribution in [-0.2, 0) is 10.1 Å². The summed E-state index contributed by atoms with van der Waals surface area (Å²) in [5.41, 5.74) is 0.966. The Bertz CT molecular complexity index is 695. The van der Waals surface area contributed by atoms with Crippen molar-refractivity contribution >= 4 is 26.6 Å². The van der Waals surface area contributed by atoms with Gasteiger partial charge in [0.2, 0.25) is 0 Å². The maximum atomic E-state index is 11.1. The van der Waals surface area contributed by atoms with Crippen molar-refractivity contribution in [2.24, 2.45) is 0 Å². The molecule has 0 aromatic heterocycles. The van der Waals surface area contributed by atoms with Crippen LogP contribution < -0.4 is 5.32 Å².